The first kappa shape index (κ1) is 11.0. The van der Waals surface area contributed by atoms with Gasteiger partial charge in [0.05, 0.1) is 31.4 Å². The molecule has 1 saturated heterocycles. The molecule has 15 heavy (non-hydrogen) atoms. The van der Waals surface area contributed by atoms with E-state index in [1.807, 2.05) is 12.3 Å². The highest BCUT2D eigenvalue weighted by molar-refractivity contribution is 7.09. The summed E-state index contributed by atoms with van der Waals surface area (Å²) >= 11 is 1.65. The monoisotopic (exact) mass is 228 g/mol. The Labute approximate surface area is 93.3 Å². The summed E-state index contributed by atoms with van der Waals surface area (Å²) in [5.74, 6) is 0. The predicted octanol–water partition coefficient (Wildman–Crippen LogP) is 0.862. The number of hydrogen-bond acceptors (Lipinski definition) is 5. The second-order valence-corrected chi connectivity index (χ2v) is 4.82. The quantitative estimate of drug-likeness (QED) is 0.805. The Morgan fingerprint density at radius 2 is 2.47 bits per heavy atom. The second kappa shape index (κ2) is 4.57. The number of aliphatic hydroxyl groups is 1. The van der Waals surface area contributed by atoms with E-state index in [1.165, 1.54) is 0 Å². The predicted molar refractivity (Wildman–Crippen MR) is 59.0 cm³/mol. The van der Waals surface area contributed by atoms with Gasteiger partial charge in [0.1, 0.15) is 5.01 Å². The first-order valence-corrected chi connectivity index (χ1v) is 5.98. The van der Waals surface area contributed by atoms with Crippen LogP contribution in [-0.2, 0) is 4.74 Å². The number of aromatic nitrogens is 1. The molecule has 4 nitrogen and oxygen atoms in total. The lowest BCUT2D eigenvalue weighted by Crippen LogP contribution is -2.40. The molecule has 0 aromatic carbocycles. The van der Waals surface area contributed by atoms with Crippen LogP contribution >= 0.6 is 11.3 Å². The Morgan fingerprint density at radius 1 is 1.67 bits per heavy atom. The number of nitrogens with one attached hydrogen (secondary N) is 1. The van der Waals surface area contributed by atoms with Gasteiger partial charge in [-0.05, 0) is 13.8 Å². The topological polar surface area (TPSA) is 54.4 Å². The number of hydrogen-bond donors (Lipinski definition) is 2. The summed E-state index contributed by atoms with van der Waals surface area (Å²) in [4.78, 5) is 4.41. The number of rotatable bonds is 3. The van der Waals surface area contributed by atoms with E-state index in [-0.39, 0.29) is 12.1 Å². The summed E-state index contributed by atoms with van der Waals surface area (Å²) in [6.45, 7) is 5.06. The van der Waals surface area contributed by atoms with Crippen LogP contribution in [0.4, 0.5) is 0 Å². The zero-order valence-corrected chi connectivity index (χ0v) is 9.75. The summed E-state index contributed by atoms with van der Waals surface area (Å²) in [7, 11) is 0. The normalized spacial score (nSPS) is 28.2. The van der Waals surface area contributed by atoms with Crippen molar-refractivity contribution in [2.45, 2.75) is 32.0 Å². The molecule has 1 aliphatic heterocycles. The third kappa shape index (κ3) is 2.55. The Kier molecular flexibility index (Phi) is 3.35. The van der Waals surface area contributed by atoms with Crippen molar-refractivity contribution in [3.63, 3.8) is 0 Å². The van der Waals surface area contributed by atoms with Gasteiger partial charge in [-0.2, -0.15) is 0 Å². The van der Waals surface area contributed by atoms with E-state index in [1.54, 1.807) is 11.3 Å². The van der Waals surface area contributed by atoms with Crippen molar-refractivity contribution in [1.29, 1.82) is 0 Å². The van der Waals surface area contributed by atoms with Crippen LogP contribution in [0.3, 0.4) is 0 Å². The molecule has 1 aliphatic rings. The van der Waals surface area contributed by atoms with Crippen molar-refractivity contribution in [2.24, 2.45) is 0 Å². The van der Waals surface area contributed by atoms with Crippen molar-refractivity contribution >= 4 is 11.3 Å². The molecule has 2 heterocycles. The van der Waals surface area contributed by atoms with Gasteiger partial charge < -0.3 is 15.2 Å². The minimum atomic E-state index is -0.395. The fraction of sp³-hybridized carbons (Fsp3) is 0.700. The molecule has 1 aromatic heterocycles. The molecular weight excluding hydrogens is 212 g/mol. The molecule has 0 aliphatic carbocycles. The summed E-state index contributed by atoms with van der Waals surface area (Å²) in [5, 5.41) is 16.0. The maximum absolute atomic E-state index is 9.59. The Hall–Kier alpha value is -0.490. The Balaban J connectivity index is 1.94. The van der Waals surface area contributed by atoms with E-state index < -0.39 is 6.10 Å². The number of aryl methyl sites for hydroxylation is 1. The lowest BCUT2D eigenvalue weighted by Gasteiger charge is -2.18. The van der Waals surface area contributed by atoms with Gasteiger partial charge in [-0.3, -0.25) is 0 Å². The van der Waals surface area contributed by atoms with Crippen LogP contribution in [0, 0.1) is 6.92 Å². The molecule has 0 saturated carbocycles. The lowest BCUT2D eigenvalue weighted by molar-refractivity contribution is 0.121. The molecule has 2 N–H and O–H groups in total. The third-order valence-corrected chi connectivity index (χ3v) is 3.67. The SMILES string of the molecule is Cc1csc(C(C)NC2COCC2O)n1. The number of nitrogens with zero attached hydrogens (tertiary/aromatic N) is 1. The first-order valence-electron chi connectivity index (χ1n) is 5.10. The molecule has 1 fully saturated rings. The van der Waals surface area contributed by atoms with Crippen LogP contribution in [0.5, 0.6) is 0 Å². The van der Waals surface area contributed by atoms with Crippen LogP contribution in [0.25, 0.3) is 0 Å². The molecule has 0 radical (unpaired) electrons. The highest BCUT2D eigenvalue weighted by atomic mass is 32.1. The molecule has 2 rings (SSSR count). The fourth-order valence-corrected chi connectivity index (χ4v) is 2.48. The zero-order chi connectivity index (χ0) is 10.8. The van der Waals surface area contributed by atoms with Crippen molar-refractivity contribution < 1.29 is 9.84 Å². The van der Waals surface area contributed by atoms with Gasteiger partial charge in [0, 0.05) is 11.1 Å². The molecule has 3 unspecified atom stereocenters. The fourth-order valence-electron chi connectivity index (χ4n) is 1.67. The summed E-state index contributed by atoms with van der Waals surface area (Å²) < 4.78 is 5.18. The van der Waals surface area contributed by atoms with Gasteiger partial charge in [0.15, 0.2) is 0 Å². The molecule has 84 valence electrons. The first-order chi connectivity index (χ1) is 7.16. The van der Waals surface area contributed by atoms with Crippen LogP contribution in [-0.4, -0.2) is 35.5 Å². The van der Waals surface area contributed by atoms with Crippen LogP contribution in [0.1, 0.15) is 23.7 Å². The highest BCUT2D eigenvalue weighted by Crippen LogP contribution is 2.19. The molecule has 0 spiro atoms. The maximum atomic E-state index is 9.59. The largest absolute Gasteiger partial charge is 0.389 e. The number of aliphatic hydroxyl groups excluding tert-OH is 1. The van der Waals surface area contributed by atoms with Crippen molar-refractivity contribution in [1.82, 2.24) is 10.3 Å². The summed E-state index contributed by atoms with van der Waals surface area (Å²) in [5.41, 5.74) is 1.05. The molecule has 5 heteroatoms. The average molecular weight is 228 g/mol. The molecule has 3 atom stereocenters. The standard InChI is InChI=1S/C10H16N2O2S/c1-6-5-15-10(11-6)7(2)12-8-3-14-4-9(8)13/h5,7-9,12-13H,3-4H2,1-2H3. The minimum absolute atomic E-state index is 0.0317. The van der Waals surface area contributed by atoms with Crippen molar-refractivity contribution in [3.05, 3.63) is 16.1 Å². The summed E-state index contributed by atoms with van der Waals surface area (Å²) in [6.07, 6.45) is -0.395. The highest BCUT2D eigenvalue weighted by Gasteiger charge is 2.27. The number of thiazole rings is 1. The van der Waals surface area contributed by atoms with Crippen molar-refractivity contribution in [3.8, 4) is 0 Å². The van der Waals surface area contributed by atoms with E-state index in [4.69, 9.17) is 4.74 Å². The number of ether oxygens (including phenoxy) is 1. The van der Waals surface area contributed by atoms with Crippen molar-refractivity contribution in [2.75, 3.05) is 13.2 Å². The van der Waals surface area contributed by atoms with E-state index in [9.17, 15) is 5.11 Å². The van der Waals surface area contributed by atoms with Gasteiger partial charge in [-0.25, -0.2) is 4.98 Å². The average Bonchev–Trinajstić information content (AvgIpc) is 2.77. The molecule has 1 aromatic rings. The van der Waals surface area contributed by atoms with Gasteiger partial charge in [0.2, 0.25) is 0 Å². The van der Waals surface area contributed by atoms with Gasteiger partial charge in [-0.1, -0.05) is 0 Å². The summed E-state index contributed by atoms with van der Waals surface area (Å²) in [6, 6.07) is 0.203. The second-order valence-electron chi connectivity index (χ2n) is 3.93. The molecule has 0 amide bonds. The minimum Gasteiger partial charge on any atom is -0.389 e. The van der Waals surface area contributed by atoms with Crippen LogP contribution in [0.15, 0.2) is 5.38 Å². The third-order valence-electron chi connectivity index (χ3n) is 2.52. The van der Waals surface area contributed by atoms with E-state index >= 15 is 0 Å². The van der Waals surface area contributed by atoms with E-state index in [0.717, 1.165) is 10.7 Å². The molecular formula is C10H16N2O2S. The zero-order valence-electron chi connectivity index (χ0n) is 8.93. The maximum Gasteiger partial charge on any atom is 0.110 e. The lowest BCUT2D eigenvalue weighted by atomic mass is 10.2. The van der Waals surface area contributed by atoms with Crippen LogP contribution in [0.2, 0.25) is 0 Å². The Bertz CT molecular complexity index is 329. The molecule has 0 bridgehead atoms. The van der Waals surface area contributed by atoms with Gasteiger partial charge in [0.25, 0.3) is 0 Å². The smallest absolute Gasteiger partial charge is 0.110 e. The van der Waals surface area contributed by atoms with E-state index in [0.29, 0.717) is 13.2 Å². The van der Waals surface area contributed by atoms with Gasteiger partial charge in [-0.15, -0.1) is 11.3 Å². The Morgan fingerprint density at radius 3 is 3.00 bits per heavy atom. The van der Waals surface area contributed by atoms with Gasteiger partial charge >= 0.3 is 0 Å². The van der Waals surface area contributed by atoms with E-state index in [2.05, 4.69) is 17.2 Å². The van der Waals surface area contributed by atoms with Crippen LogP contribution < -0.4 is 5.32 Å².